The number of aryl methyl sites for hydroxylation is 1. The van der Waals surface area contributed by atoms with Crippen molar-refractivity contribution < 1.29 is 4.42 Å². The summed E-state index contributed by atoms with van der Waals surface area (Å²) >= 11 is 1.91. The highest BCUT2D eigenvalue weighted by atomic mass is 32.1. The lowest BCUT2D eigenvalue weighted by Gasteiger charge is -2.18. The largest absolute Gasteiger partial charge is 0.469 e. The number of hydrogen-bond acceptors (Lipinski definition) is 3. The van der Waals surface area contributed by atoms with E-state index >= 15 is 0 Å². The van der Waals surface area contributed by atoms with E-state index in [0.29, 0.717) is 0 Å². The van der Waals surface area contributed by atoms with Crippen LogP contribution in [0.1, 0.15) is 68.2 Å². The maximum Gasteiger partial charge on any atom is 0.108 e. The number of rotatable bonds is 6. The van der Waals surface area contributed by atoms with Crippen molar-refractivity contribution >= 4 is 11.3 Å². The Kier molecular flexibility index (Phi) is 5.28. The lowest BCUT2D eigenvalue weighted by molar-refractivity contribution is 0.501. The van der Waals surface area contributed by atoms with Crippen LogP contribution in [-0.4, -0.2) is 6.54 Å². The van der Waals surface area contributed by atoms with E-state index in [1.165, 1.54) is 15.3 Å². The van der Waals surface area contributed by atoms with Crippen molar-refractivity contribution in [2.75, 3.05) is 6.54 Å². The van der Waals surface area contributed by atoms with E-state index < -0.39 is 0 Å². The standard InChI is InChI=1S/C18H27NOS/c1-6-11-19-17(13-10-12-20-14(13)7-2)15-8-9-16(21-15)18(3,4)5/h8-10,12,17,19H,6-7,11H2,1-5H3. The van der Waals surface area contributed by atoms with Crippen LogP contribution in [-0.2, 0) is 11.8 Å². The van der Waals surface area contributed by atoms with Crippen molar-refractivity contribution in [2.45, 2.75) is 58.9 Å². The van der Waals surface area contributed by atoms with Crippen molar-refractivity contribution in [3.63, 3.8) is 0 Å². The van der Waals surface area contributed by atoms with Gasteiger partial charge in [0, 0.05) is 21.7 Å². The first-order valence-corrected chi connectivity index (χ1v) is 8.68. The van der Waals surface area contributed by atoms with Crippen molar-refractivity contribution in [3.8, 4) is 0 Å². The summed E-state index contributed by atoms with van der Waals surface area (Å²) in [4.78, 5) is 2.81. The van der Waals surface area contributed by atoms with Gasteiger partial charge in [0.2, 0.25) is 0 Å². The molecule has 0 aliphatic rings. The van der Waals surface area contributed by atoms with Crippen molar-refractivity contribution in [2.24, 2.45) is 0 Å². The predicted molar refractivity (Wildman–Crippen MR) is 91.2 cm³/mol. The summed E-state index contributed by atoms with van der Waals surface area (Å²) in [5, 5.41) is 3.68. The Morgan fingerprint density at radius 3 is 2.52 bits per heavy atom. The molecular weight excluding hydrogens is 278 g/mol. The summed E-state index contributed by atoms with van der Waals surface area (Å²) in [5.41, 5.74) is 1.50. The molecule has 0 aliphatic carbocycles. The van der Waals surface area contributed by atoms with E-state index in [4.69, 9.17) is 4.42 Å². The molecule has 3 heteroatoms. The van der Waals surface area contributed by atoms with Gasteiger partial charge in [0.1, 0.15) is 5.76 Å². The molecule has 0 aliphatic heterocycles. The van der Waals surface area contributed by atoms with Gasteiger partial charge in [-0.2, -0.15) is 0 Å². The molecule has 2 rings (SSSR count). The monoisotopic (exact) mass is 305 g/mol. The molecule has 2 heterocycles. The molecule has 21 heavy (non-hydrogen) atoms. The zero-order valence-electron chi connectivity index (χ0n) is 13.8. The smallest absolute Gasteiger partial charge is 0.108 e. The van der Waals surface area contributed by atoms with Gasteiger partial charge in [0.15, 0.2) is 0 Å². The summed E-state index contributed by atoms with van der Waals surface area (Å²) in [5.74, 6) is 1.09. The fourth-order valence-corrected chi connectivity index (χ4v) is 3.62. The minimum absolute atomic E-state index is 0.211. The molecule has 0 saturated carbocycles. The molecule has 0 bridgehead atoms. The molecule has 1 unspecified atom stereocenters. The van der Waals surface area contributed by atoms with Gasteiger partial charge in [0.25, 0.3) is 0 Å². The van der Waals surface area contributed by atoms with Crippen LogP contribution in [0.3, 0.4) is 0 Å². The second kappa shape index (κ2) is 6.80. The van der Waals surface area contributed by atoms with Crippen molar-refractivity contribution in [1.29, 1.82) is 0 Å². The molecule has 1 atom stereocenters. The van der Waals surface area contributed by atoms with E-state index in [2.05, 4.69) is 58.1 Å². The van der Waals surface area contributed by atoms with Crippen LogP contribution >= 0.6 is 11.3 Å². The molecule has 2 aromatic heterocycles. The summed E-state index contributed by atoms with van der Waals surface area (Å²) < 4.78 is 5.63. The van der Waals surface area contributed by atoms with E-state index in [-0.39, 0.29) is 11.5 Å². The molecule has 0 spiro atoms. The molecule has 0 aromatic carbocycles. The Hall–Kier alpha value is -1.06. The van der Waals surface area contributed by atoms with Crippen LogP contribution in [0, 0.1) is 0 Å². The van der Waals surface area contributed by atoms with Crippen LogP contribution in [0.15, 0.2) is 28.9 Å². The third kappa shape index (κ3) is 3.78. The van der Waals surface area contributed by atoms with E-state index in [1.807, 2.05) is 17.6 Å². The first kappa shape index (κ1) is 16.3. The molecule has 0 radical (unpaired) electrons. The number of hydrogen-bond donors (Lipinski definition) is 1. The third-order valence-corrected chi connectivity index (χ3v) is 5.24. The molecule has 2 nitrogen and oxygen atoms in total. The molecular formula is C18H27NOS. The number of thiophene rings is 1. The van der Waals surface area contributed by atoms with E-state index in [1.54, 1.807) is 0 Å². The van der Waals surface area contributed by atoms with Crippen LogP contribution < -0.4 is 5.32 Å². The van der Waals surface area contributed by atoms with Gasteiger partial charge in [-0.25, -0.2) is 0 Å². The average molecular weight is 305 g/mol. The minimum atomic E-state index is 0.211. The van der Waals surface area contributed by atoms with Gasteiger partial charge in [-0.3, -0.25) is 0 Å². The summed E-state index contributed by atoms with van der Waals surface area (Å²) in [6.45, 7) is 12.2. The predicted octanol–water partition coefficient (Wildman–Crippen LogP) is 5.29. The quantitative estimate of drug-likeness (QED) is 0.784. The molecule has 0 saturated heterocycles. The lowest BCUT2D eigenvalue weighted by Crippen LogP contribution is -2.22. The SMILES string of the molecule is CCCNC(c1ccc(C(C)(C)C)s1)c1ccoc1CC. The summed E-state index contributed by atoms with van der Waals surface area (Å²) in [6, 6.07) is 6.90. The Labute approximate surface area is 132 Å². The maximum atomic E-state index is 5.63. The van der Waals surface area contributed by atoms with Crippen LogP contribution in [0.4, 0.5) is 0 Å². The fourth-order valence-electron chi connectivity index (χ4n) is 2.46. The van der Waals surface area contributed by atoms with Gasteiger partial charge in [-0.15, -0.1) is 11.3 Å². The van der Waals surface area contributed by atoms with Gasteiger partial charge >= 0.3 is 0 Å². The van der Waals surface area contributed by atoms with Crippen molar-refractivity contribution in [1.82, 2.24) is 5.32 Å². The molecule has 2 aromatic rings. The first-order valence-electron chi connectivity index (χ1n) is 7.87. The summed E-state index contributed by atoms with van der Waals surface area (Å²) in [7, 11) is 0. The number of nitrogens with one attached hydrogen (secondary N) is 1. The molecule has 0 amide bonds. The van der Waals surface area contributed by atoms with Crippen LogP contribution in [0.2, 0.25) is 0 Å². The topological polar surface area (TPSA) is 25.2 Å². The van der Waals surface area contributed by atoms with E-state index in [0.717, 1.165) is 25.1 Å². The van der Waals surface area contributed by atoms with Gasteiger partial charge < -0.3 is 9.73 Å². The zero-order chi connectivity index (χ0) is 15.5. The fraction of sp³-hybridized carbons (Fsp3) is 0.556. The van der Waals surface area contributed by atoms with Crippen molar-refractivity contribution in [3.05, 3.63) is 45.5 Å². The highest BCUT2D eigenvalue weighted by Gasteiger charge is 2.23. The van der Waals surface area contributed by atoms with Gasteiger partial charge in [-0.05, 0) is 36.6 Å². The molecule has 0 fully saturated rings. The normalized spacial score (nSPS) is 13.6. The second-order valence-corrected chi connectivity index (χ2v) is 7.61. The minimum Gasteiger partial charge on any atom is -0.469 e. The van der Waals surface area contributed by atoms with Gasteiger partial charge in [0.05, 0.1) is 12.3 Å². The van der Waals surface area contributed by atoms with Gasteiger partial charge in [-0.1, -0.05) is 34.6 Å². The Balaban J connectivity index is 2.34. The second-order valence-electron chi connectivity index (χ2n) is 6.49. The average Bonchev–Trinajstić information content (AvgIpc) is 3.07. The molecule has 1 N–H and O–H groups in total. The third-order valence-electron chi connectivity index (χ3n) is 3.66. The maximum absolute atomic E-state index is 5.63. The number of furan rings is 1. The highest BCUT2D eigenvalue weighted by molar-refractivity contribution is 7.12. The highest BCUT2D eigenvalue weighted by Crippen LogP contribution is 2.36. The summed E-state index contributed by atoms with van der Waals surface area (Å²) in [6.07, 6.45) is 3.88. The Morgan fingerprint density at radius 1 is 1.19 bits per heavy atom. The van der Waals surface area contributed by atoms with Crippen LogP contribution in [0.25, 0.3) is 0 Å². The zero-order valence-corrected chi connectivity index (χ0v) is 14.6. The lowest BCUT2D eigenvalue weighted by atomic mass is 9.95. The first-order chi connectivity index (χ1) is 9.97. The molecule has 116 valence electrons. The Morgan fingerprint density at radius 2 is 1.95 bits per heavy atom. The Bertz CT molecular complexity index is 562. The van der Waals surface area contributed by atoms with Crippen LogP contribution in [0.5, 0.6) is 0 Å². The van der Waals surface area contributed by atoms with E-state index in [9.17, 15) is 0 Å².